The second-order valence-corrected chi connectivity index (χ2v) is 0. The van der Waals surface area contributed by atoms with Gasteiger partial charge in [0.1, 0.15) is 0 Å². The maximum absolute atomic E-state index is 6.50. The van der Waals surface area contributed by atoms with Crippen LogP contribution in [0.5, 0.6) is 0 Å². The summed E-state index contributed by atoms with van der Waals surface area (Å²) in [7, 11) is 0. The molecule has 0 fully saturated rings. The molecule has 0 aliphatic carbocycles. The Bertz CT molecular complexity index is 16.4. The molecule has 0 saturated carbocycles. The molecule has 0 rings (SSSR count). The molecule has 0 saturated heterocycles. The summed E-state index contributed by atoms with van der Waals surface area (Å²) in [5.41, 5.74) is 0. The van der Waals surface area contributed by atoms with Gasteiger partial charge >= 0.3 is 51.4 Å². The van der Waals surface area contributed by atoms with Gasteiger partial charge < -0.3 is 0 Å². The Kier molecular flexibility index (Phi) is 191. The number of hydrogen-bond donors (Lipinski definition) is 0. The quantitative estimate of drug-likeness (QED) is 0.468. The Balaban J connectivity index is -0.00000000167. The van der Waals surface area contributed by atoms with Crippen molar-refractivity contribution >= 4 is 51.4 Å². The summed E-state index contributed by atoms with van der Waals surface area (Å²) in [5, 5.41) is 6.50. The fourth-order valence-electron chi connectivity index (χ4n) is 0. The van der Waals surface area contributed by atoms with Gasteiger partial charge in [0.2, 0.25) is 0 Å². The van der Waals surface area contributed by atoms with Crippen LogP contribution in [-0.4, -0.2) is 51.4 Å². The summed E-state index contributed by atoms with van der Waals surface area (Å²) in [6, 6.07) is 0. The molecule has 0 unspecified atom stereocenters. The SMILES string of the molecule is C#N.[Cu].[Fe].[KH]. The maximum atomic E-state index is 6.50. The number of nitrogens with zero attached hydrogens (tertiary/aromatic N) is 1. The van der Waals surface area contributed by atoms with Gasteiger partial charge in [-0.15, -0.1) is 0 Å². The molecule has 0 aliphatic rings. The molecule has 5 heavy (non-hydrogen) atoms. The van der Waals surface area contributed by atoms with Crippen LogP contribution in [0.1, 0.15) is 0 Å². The molecule has 0 bridgehead atoms. The van der Waals surface area contributed by atoms with E-state index in [-0.39, 0.29) is 85.5 Å². The van der Waals surface area contributed by atoms with Crippen molar-refractivity contribution < 1.29 is 34.1 Å². The third-order valence-corrected chi connectivity index (χ3v) is 0. The molecule has 0 aromatic carbocycles. The average Bonchev–Trinajstić information content (AvgIpc) is 1.00. The van der Waals surface area contributed by atoms with Crippen molar-refractivity contribution in [2.24, 2.45) is 0 Å². The van der Waals surface area contributed by atoms with Crippen molar-refractivity contribution in [3.63, 3.8) is 0 Å². The summed E-state index contributed by atoms with van der Waals surface area (Å²) >= 11 is 0. The van der Waals surface area contributed by atoms with Gasteiger partial charge in [-0.2, -0.15) is 0 Å². The van der Waals surface area contributed by atoms with Crippen molar-refractivity contribution in [1.82, 2.24) is 0 Å². The molecule has 0 amide bonds. The molecule has 0 heterocycles. The fourth-order valence-corrected chi connectivity index (χ4v) is 0. The molecule has 4 heteroatoms. The first kappa shape index (κ1) is 27.2. The first-order valence-electron chi connectivity index (χ1n) is 0.258. The van der Waals surface area contributed by atoms with Crippen molar-refractivity contribution in [1.29, 1.82) is 5.26 Å². The van der Waals surface area contributed by atoms with Crippen LogP contribution in [-0.2, 0) is 34.1 Å². The summed E-state index contributed by atoms with van der Waals surface area (Å²) in [4.78, 5) is 0. The minimum absolute atomic E-state index is 0. The molecule has 0 aromatic heterocycles. The molecular weight excluding hydrogens is 185 g/mol. The van der Waals surface area contributed by atoms with Crippen molar-refractivity contribution in [2.75, 3.05) is 0 Å². The third kappa shape index (κ3) is 22.8. The van der Waals surface area contributed by atoms with Gasteiger partial charge in [-0.3, -0.25) is 0 Å². The normalized spacial score (nSPS) is 0.400. The van der Waals surface area contributed by atoms with E-state index in [2.05, 4.69) is 6.57 Å². The van der Waals surface area contributed by atoms with Crippen LogP contribution in [0.25, 0.3) is 0 Å². The number of nitriles is 1. The average molecular weight is 187 g/mol. The fraction of sp³-hybridized carbons (Fsp3) is 0. The Morgan fingerprint density at radius 3 is 1.20 bits per heavy atom. The minimum atomic E-state index is 0. The van der Waals surface area contributed by atoms with E-state index in [1.54, 1.807) is 0 Å². The van der Waals surface area contributed by atoms with Crippen LogP contribution < -0.4 is 0 Å². The van der Waals surface area contributed by atoms with Gasteiger partial charge in [0, 0.05) is 40.7 Å². The molecule has 0 aliphatic heterocycles. The van der Waals surface area contributed by atoms with Crippen LogP contribution in [0.3, 0.4) is 0 Å². The number of rotatable bonds is 0. The van der Waals surface area contributed by atoms with E-state index in [0.717, 1.165) is 0 Å². The summed E-state index contributed by atoms with van der Waals surface area (Å²) in [6.07, 6.45) is 0. The van der Waals surface area contributed by atoms with E-state index < -0.39 is 0 Å². The predicted molar refractivity (Wildman–Crippen MR) is 13.8 cm³/mol. The van der Waals surface area contributed by atoms with E-state index >= 15 is 0 Å². The molecule has 1 radical (unpaired) electrons. The predicted octanol–water partition coefficient (Wildman–Crippen LogP) is -0.514. The zero-order chi connectivity index (χ0) is 2.00. The van der Waals surface area contributed by atoms with E-state index in [4.69, 9.17) is 5.26 Å². The first-order chi connectivity index (χ1) is 1.00. The van der Waals surface area contributed by atoms with Crippen LogP contribution in [0.4, 0.5) is 0 Å². The van der Waals surface area contributed by atoms with Crippen LogP contribution >= 0.6 is 0 Å². The third-order valence-electron chi connectivity index (χ3n) is 0. The summed E-state index contributed by atoms with van der Waals surface area (Å²) in [5.74, 6) is 0. The van der Waals surface area contributed by atoms with Crippen LogP contribution in [0.2, 0.25) is 0 Å². The van der Waals surface area contributed by atoms with Gasteiger partial charge in [-0.1, -0.05) is 0 Å². The molecule has 0 N–H and O–H groups in total. The second kappa shape index (κ2) is 35.1. The zero-order valence-corrected chi connectivity index (χ0v) is 3.73. The molecule has 31 valence electrons. The van der Waals surface area contributed by atoms with Crippen LogP contribution in [0, 0.1) is 11.8 Å². The molecule has 1 nitrogen and oxygen atoms in total. The monoisotopic (exact) mass is 186 g/mol. The summed E-state index contributed by atoms with van der Waals surface area (Å²) in [6.45, 7) is 3.50. The van der Waals surface area contributed by atoms with Gasteiger partial charge in [0.15, 0.2) is 0 Å². The zero-order valence-electron chi connectivity index (χ0n) is 1.68. The van der Waals surface area contributed by atoms with Crippen molar-refractivity contribution in [2.45, 2.75) is 0 Å². The van der Waals surface area contributed by atoms with E-state index in [1.807, 2.05) is 0 Å². The number of hydrogen-bond acceptors (Lipinski definition) is 1. The Morgan fingerprint density at radius 1 is 1.20 bits per heavy atom. The van der Waals surface area contributed by atoms with E-state index in [0.29, 0.717) is 0 Å². The van der Waals surface area contributed by atoms with Gasteiger partial charge in [-0.25, -0.2) is 5.26 Å². The Hall–Kier alpha value is 2.17. The van der Waals surface area contributed by atoms with Crippen molar-refractivity contribution in [3.8, 4) is 6.57 Å². The molecule has 0 aromatic rings. The Morgan fingerprint density at radius 2 is 1.20 bits per heavy atom. The van der Waals surface area contributed by atoms with Crippen molar-refractivity contribution in [3.05, 3.63) is 0 Å². The first-order valence-corrected chi connectivity index (χ1v) is 0.258. The topological polar surface area (TPSA) is 23.8 Å². The Labute approximate surface area is 95.2 Å². The second-order valence-electron chi connectivity index (χ2n) is 0. The molecular formula is CH2CuFeKN. The standard InChI is InChI=1S/CHN.Cu.Fe.K.H/c1-2;;;;/h1H;;;;. The molecule has 0 atom stereocenters. The van der Waals surface area contributed by atoms with Gasteiger partial charge in [-0.05, 0) is 0 Å². The van der Waals surface area contributed by atoms with E-state index in [1.165, 1.54) is 0 Å². The van der Waals surface area contributed by atoms with E-state index in [9.17, 15) is 0 Å². The summed E-state index contributed by atoms with van der Waals surface area (Å²) < 4.78 is 0. The molecule has 0 spiro atoms. The van der Waals surface area contributed by atoms with Gasteiger partial charge in [0.25, 0.3) is 0 Å². The van der Waals surface area contributed by atoms with Crippen LogP contribution in [0.15, 0.2) is 0 Å². The van der Waals surface area contributed by atoms with Gasteiger partial charge in [0.05, 0.1) is 0 Å².